The molecule has 0 radical (unpaired) electrons. The maximum Gasteiger partial charge on any atom is 0.223 e. The summed E-state index contributed by atoms with van der Waals surface area (Å²) in [7, 11) is 0. The second kappa shape index (κ2) is 7.20. The van der Waals surface area contributed by atoms with E-state index in [-0.39, 0.29) is 17.7 Å². The SMILES string of the molecule is O=C(CCC(=O)N1CCC2(O)CCCCC2C1)NC1CCCC1. The zero-order chi connectivity index (χ0) is 16.3. The highest BCUT2D eigenvalue weighted by Gasteiger charge is 2.43. The number of carbonyl (C=O) groups is 2. The van der Waals surface area contributed by atoms with Gasteiger partial charge in [0.1, 0.15) is 0 Å². The fraction of sp³-hybridized carbons (Fsp3) is 0.889. The first kappa shape index (κ1) is 16.7. The average molecular weight is 322 g/mol. The van der Waals surface area contributed by atoms with E-state index in [4.69, 9.17) is 0 Å². The topological polar surface area (TPSA) is 69.6 Å². The fourth-order valence-corrected chi connectivity index (χ4v) is 4.55. The summed E-state index contributed by atoms with van der Waals surface area (Å²) in [6, 6.07) is 0.324. The van der Waals surface area contributed by atoms with Crippen LogP contribution in [0.1, 0.15) is 70.6 Å². The van der Waals surface area contributed by atoms with E-state index in [0.29, 0.717) is 38.4 Å². The summed E-state index contributed by atoms with van der Waals surface area (Å²) >= 11 is 0. The van der Waals surface area contributed by atoms with Gasteiger partial charge in [0.05, 0.1) is 5.60 Å². The molecule has 0 bridgehead atoms. The number of rotatable bonds is 4. The lowest BCUT2D eigenvalue weighted by Gasteiger charge is -2.47. The molecule has 2 N–H and O–H groups in total. The molecule has 2 atom stereocenters. The van der Waals surface area contributed by atoms with Gasteiger partial charge in [0, 0.05) is 37.9 Å². The summed E-state index contributed by atoms with van der Waals surface area (Å²) in [5.74, 6) is 0.303. The largest absolute Gasteiger partial charge is 0.389 e. The van der Waals surface area contributed by atoms with Crippen LogP contribution < -0.4 is 5.32 Å². The fourth-order valence-electron chi connectivity index (χ4n) is 4.55. The maximum absolute atomic E-state index is 12.4. The van der Waals surface area contributed by atoms with Crippen LogP contribution in [0.3, 0.4) is 0 Å². The monoisotopic (exact) mass is 322 g/mol. The number of hydrogen-bond acceptors (Lipinski definition) is 3. The lowest BCUT2D eigenvalue weighted by molar-refractivity contribution is -0.144. The van der Waals surface area contributed by atoms with Crippen LogP contribution in [-0.2, 0) is 9.59 Å². The molecule has 23 heavy (non-hydrogen) atoms. The normalized spacial score (nSPS) is 31.7. The molecule has 1 saturated heterocycles. The number of piperidine rings is 1. The van der Waals surface area contributed by atoms with Gasteiger partial charge in [0.25, 0.3) is 0 Å². The second-order valence-corrected chi connectivity index (χ2v) is 7.68. The molecule has 1 heterocycles. The molecule has 2 saturated carbocycles. The standard InChI is InChI=1S/C18H30N2O3/c21-16(19-15-6-1-2-7-15)8-9-17(22)20-12-11-18(23)10-4-3-5-14(18)13-20/h14-15,23H,1-13H2,(H,19,21). The molecule has 0 spiro atoms. The van der Waals surface area contributed by atoms with Crippen molar-refractivity contribution in [1.29, 1.82) is 0 Å². The Bertz CT molecular complexity index is 448. The lowest BCUT2D eigenvalue weighted by atomic mass is 9.71. The highest BCUT2D eigenvalue weighted by molar-refractivity contribution is 5.84. The van der Waals surface area contributed by atoms with Crippen molar-refractivity contribution in [1.82, 2.24) is 10.2 Å². The number of aliphatic hydroxyl groups is 1. The van der Waals surface area contributed by atoms with Crippen LogP contribution in [0.15, 0.2) is 0 Å². The molecule has 130 valence electrons. The first-order chi connectivity index (χ1) is 11.1. The molecule has 2 aliphatic carbocycles. The van der Waals surface area contributed by atoms with Crippen molar-refractivity contribution in [3.05, 3.63) is 0 Å². The summed E-state index contributed by atoms with van der Waals surface area (Å²) in [5, 5.41) is 13.7. The number of fused-ring (bicyclic) bond motifs is 1. The zero-order valence-electron chi connectivity index (χ0n) is 14.1. The number of amides is 2. The Kier molecular flexibility index (Phi) is 5.24. The molecule has 1 aliphatic heterocycles. The van der Waals surface area contributed by atoms with Gasteiger partial charge in [-0.15, -0.1) is 0 Å². The Morgan fingerprint density at radius 1 is 1.04 bits per heavy atom. The lowest BCUT2D eigenvalue weighted by Crippen LogP contribution is -2.54. The molecule has 2 amide bonds. The smallest absolute Gasteiger partial charge is 0.223 e. The van der Waals surface area contributed by atoms with Crippen molar-refractivity contribution < 1.29 is 14.7 Å². The molecule has 3 aliphatic rings. The quantitative estimate of drug-likeness (QED) is 0.831. The van der Waals surface area contributed by atoms with Crippen LogP contribution in [0.5, 0.6) is 0 Å². The third-order valence-electron chi connectivity index (χ3n) is 6.07. The Balaban J connectivity index is 1.42. The zero-order valence-corrected chi connectivity index (χ0v) is 14.1. The number of hydrogen-bond donors (Lipinski definition) is 2. The van der Waals surface area contributed by atoms with E-state index in [0.717, 1.165) is 38.5 Å². The van der Waals surface area contributed by atoms with Crippen LogP contribution in [0.25, 0.3) is 0 Å². The third-order valence-corrected chi connectivity index (χ3v) is 6.07. The van der Waals surface area contributed by atoms with Crippen LogP contribution in [0.2, 0.25) is 0 Å². The van der Waals surface area contributed by atoms with Gasteiger partial charge in [-0.05, 0) is 32.1 Å². The van der Waals surface area contributed by atoms with Gasteiger partial charge in [0.2, 0.25) is 11.8 Å². The Morgan fingerprint density at radius 2 is 1.78 bits per heavy atom. The maximum atomic E-state index is 12.4. The van der Waals surface area contributed by atoms with E-state index >= 15 is 0 Å². The second-order valence-electron chi connectivity index (χ2n) is 7.68. The van der Waals surface area contributed by atoms with Crippen molar-refractivity contribution in [2.24, 2.45) is 5.92 Å². The Hall–Kier alpha value is -1.10. The highest BCUT2D eigenvalue weighted by atomic mass is 16.3. The summed E-state index contributed by atoms with van der Waals surface area (Å²) in [6.45, 7) is 1.30. The number of nitrogens with one attached hydrogen (secondary N) is 1. The Morgan fingerprint density at radius 3 is 2.57 bits per heavy atom. The minimum absolute atomic E-state index is 0.0106. The molecule has 3 fully saturated rings. The molecule has 3 rings (SSSR count). The molecule has 2 unspecified atom stereocenters. The van der Waals surface area contributed by atoms with Gasteiger partial charge in [-0.1, -0.05) is 25.7 Å². The van der Waals surface area contributed by atoms with E-state index in [1.807, 2.05) is 4.90 Å². The van der Waals surface area contributed by atoms with E-state index in [9.17, 15) is 14.7 Å². The van der Waals surface area contributed by atoms with E-state index < -0.39 is 5.60 Å². The van der Waals surface area contributed by atoms with Gasteiger partial charge in [0.15, 0.2) is 0 Å². The first-order valence-electron chi connectivity index (χ1n) is 9.36. The van der Waals surface area contributed by atoms with Gasteiger partial charge >= 0.3 is 0 Å². The summed E-state index contributed by atoms with van der Waals surface area (Å²) in [6.07, 6.45) is 9.97. The summed E-state index contributed by atoms with van der Waals surface area (Å²) in [4.78, 5) is 26.2. The Labute approximate surface area is 138 Å². The third kappa shape index (κ3) is 4.06. The van der Waals surface area contributed by atoms with Crippen molar-refractivity contribution in [3.63, 3.8) is 0 Å². The molecular weight excluding hydrogens is 292 g/mol. The highest BCUT2D eigenvalue weighted by Crippen LogP contribution is 2.39. The first-order valence-corrected chi connectivity index (χ1v) is 9.36. The predicted octanol–water partition coefficient (Wildman–Crippen LogP) is 1.98. The van der Waals surface area contributed by atoms with E-state index in [1.54, 1.807) is 0 Å². The predicted molar refractivity (Wildman–Crippen MR) is 87.7 cm³/mol. The van der Waals surface area contributed by atoms with Gasteiger partial charge in [-0.3, -0.25) is 9.59 Å². The molecular formula is C18H30N2O3. The molecule has 0 aromatic carbocycles. The van der Waals surface area contributed by atoms with Crippen molar-refractivity contribution in [2.75, 3.05) is 13.1 Å². The van der Waals surface area contributed by atoms with Gasteiger partial charge < -0.3 is 15.3 Å². The van der Waals surface area contributed by atoms with Crippen LogP contribution in [0.4, 0.5) is 0 Å². The van der Waals surface area contributed by atoms with Gasteiger partial charge in [-0.25, -0.2) is 0 Å². The number of carbonyl (C=O) groups excluding carboxylic acids is 2. The average Bonchev–Trinajstić information content (AvgIpc) is 3.04. The minimum atomic E-state index is -0.547. The van der Waals surface area contributed by atoms with Crippen LogP contribution in [-0.4, -0.2) is 46.6 Å². The van der Waals surface area contributed by atoms with Crippen molar-refractivity contribution in [3.8, 4) is 0 Å². The molecule has 5 nitrogen and oxygen atoms in total. The number of nitrogens with zero attached hydrogens (tertiary/aromatic N) is 1. The van der Waals surface area contributed by atoms with Crippen molar-refractivity contribution in [2.45, 2.75) is 82.3 Å². The van der Waals surface area contributed by atoms with Crippen molar-refractivity contribution >= 4 is 11.8 Å². The van der Waals surface area contributed by atoms with Gasteiger partial charge in [-0.2, -0.15) is 0 Å². The van der Waals surface area contributed by atoms with Crippen LogP contribution >= 0.6 is 0 Å². The number of likely N-dealkylation sites (tertiary alicyclic amines) is 1. The summed E-state index contributed by atoms with van der Waals surface area (Å²) in [5.41, 5.74) is -0.547. The minimum Gasteiger partial charge on any atom is -0.389 e. The summed E-state index contributed by atoms with van der Waals surface area (Å²) < 4.78 is 0. The van der Waals surface area contributed by atoms with E-state index in [1.165, 1.54) is 12.8 Å². The van der Waals surface area contributed by atoms with Crippen LogP contribution in [0, 0.1) is 5.92 Å². The molecule has 0 aromatic heterocycles. The van der Waals surface area contributed by atoms with E-state index in [2.05, 4.69) is 5.32 Å². The molecule has 5 heteroatoms. The molecule has 0 aromatic rings.